The van der Waals surface area contributed by atoms with Crippen molar-refractivity contribution >= 4 is 39.1 Å². The van der Waals surface area contributed by atoms with Gasteiger partial charge in [0.05, 0.1) is 0 Å². The van der Waals surface area contributed by atoms with E-state index in [-0.39, 0.29) is 17.5 Å². The predicted octanol–water partition coefficient (Wildman–Crippen LogP) is 8.22. The highest BCUT2D eigenvalue weighted by Gasteiger charge is 2.23. The van der Waals surface area contributed by atoms with Crippen molar-refractivity contribution in [3.8, 4) is 11.5 Å². The van der Waals surface area contributed by atoms with E-state index in [0.29, 0.717) is 32.7 Å². The minimum atomic E-state index is -1.28. The molecule has 7 heteroatoms. The maximum atomic E-state index is 11.6. The summed E-state index contributed by atoms with van der Waals surface area (Å²) in [7, 11) is 2.01. The van der Waals surface area contributed by atoms with Crippen LogP contribution >= 0.6 is 0 Å². The number of aromatic hydroxyl groups is 2. The van der Waals surface area contributed by atoms with Gasteiger partial charge < -0.3 is 25.7 Å². The zero-order chi connectivity index (χ0) is 34.5. The van der Waals surface area contributed by atoms with Crippen molar-refractivity contribution < 1.29 is 30.0 Å². The average molecular weight is 652 g/mol. The van der Waals surface area contributed by atoms with Crippen LogP contribution in [0.25, 0.3) is 27.1 Å². The van der Waals surface area contributed by atoms with Gasteiger partial charge in [-0.15, -0.1) is 0 Å². The van der Waals surface area contributed by atoms with Crippen LogP contribution < -0.4 is 5.32 Å². The fraction of sp³-hybridized carbons (Fsp3) is 0.143. The van der Waals surface area contributed by atoms with Crippen molar-refractivity contribution in [3.05, 3.63) is 160 Å². The molecule has 0 aromatic heterocycles. The van der Waals surface area contributed by atoms with E-state index in [1.165, 1.54) is 40.0 Å². The Kier molecular flexibility index (Phi) is 9.74. The first-order chi connectivity index (χ1) is 23.8. The number of hydrogen-bond acceptors (Lipinski definition) is 5. The van der Waals surface area contributed by atoms with E-state index in [4.69, 9.17) is 0 Å². The lowest BCUT2D eigenvalue weighted by Crippen LogP contribution is -2.06. The molecule has 0 amide bonds. The summed E-state index contributed by atoms with van der Waals surface area (Å²) < 4.78 is 0. The largest absolute Gasteiger partial charge is 0.507 e. The quantitative estimate of drug-likeness (QED) is 0.110. The normalized spacial score (nSPS) is 12.0. The number of carbonyl (C=O) groups is 2. The minimum absolute atomic E-state index is 0.0407. The summed E-state index contributed by atoms with van der Waals surface area (Å²) in [4.78, 5) is 23.2. The van der Waals surface area contributed by atoms with Crippen LogP contribution in [0, 0.1) is 0 Å². The molecule has 0 saturated heterocycles. The summed E-state index contributed by atoms with van der Waals surface area (Å²) in [5, 5.41) is 46.0. The molecule has 0 atom stereocenters. The molecule has 0 spiro atoms. The van der Waals surface area contributed by atoms with Crippen molar-refractivity contribution in [3.63, 3.8) is 0 Å². The first-order valence-corrected chi connectivity index (χ1v) is 16.2. The van der Waals surface area contributed by atoms with Crippen LogP contribution in [0.3, 0.4) is 0 Å². The molecule has 0 fully saturated rings. The first kappa shape index (κ1) is 33.0. The van der Waals surface area contributed by atoms with Gasteiger partial charge in [-0.1, -0.05) is 103 Å². The molecule has 0 saturated carbocycles. The van der Waals surface area contributed by atoms with Crippen LogP contribution in [0.15, 0.2) is 115 Å². The number of aromatic carboxylic acids is 2. The van der Waals surface area contributed by atoms with Gasteiger partial charge in [0.1, 0.15) is 22.6 Å². The molecule has 0 aliphatic heterocycles. The number of nitrogens with one attached hydrogen (secondary N) is 1. The van der Waals surface area contributed by atoms with Crippen molar-refractivity contribution in [1.82, 2.24) is 5.32 Å². The Morgan fingerprint density at radius 3 is 1.53 bits per heavy atom. The summed E-state index contributed by atoms with van der Waals surface area (Å²) in [6.45, 7) is 1.02. The van der Waals surface area contributed by atoms with Crippen LogP contribution in [0.1, 0.15) is 60.5 Å². The van der Waals surface area contributed by atoms with E-state index in [0.717, 1.165) is 25.8 Å². The fourth-order valence-electron chi connectivity index (χ4n) is 6.68. The van der Waals surface area contributed by atoms with Gasteiger partial charge in [-0.05, 0) is 94.4 Å². The minimum Gasteiger partial charge on any atom is -0.507 e. The second-order valence-electron chi connectivity index (χ2n) is 12.1. The smallest absolute Gasteiger partial charge is 0.339 e. The Bertz CT molecular complexity index is 2080. The van der Waals surface area contributed by atoms with E-state index in [2.05, 4.69) is 59.9 Å². The predicted molar refractivity (Wildman–Crippen MR) is 194 cm³/mol. The molecule has 6 aromatic carbocycles. The number of hydrogen-bond donors (Lipinski definition) is 5. The monoisotopic (exact) mass is 651 g/mol. The first-order valence-electron chi connectivity index (χ1n) is 16.2. The number of carboxylic acids is 2. The van der Waals surface area contributed by atoms with Gasteiger partial charge in [-0.3, -0.25) is 0 Å². The fourth-order valence-corrected chi connectivity index (χ4v) is 6.68. The highest BCUT2D eigenvalue weighted by molar-refractivity contribution is 6.02. The number of rotatable bonds is 7. The topological polar surface area (TPSA) is 127 Å². The Hall–Kier alpha value is -5.92. The number of fused-ring (bicyclic) bond motifs is 4. The third-order valence-corrected chi connectivity index (χ3v) is 9.09. The van der Waals surface area contributed by atoms with Crippen LogP contribution in [-0.4, -0.2) is 46.0 Å². The molecule has 6 aromatic rings. The third kappa shape index (κ3) is 6.75. The van der Waals surface area contributed by atoms with Gasteiger partial charge in [-0.2, -0.15) is 0 Å². The summed E-state index contributed by atoms with van der Waals surface area (Å²) in [5.41, 5.74) is 7.28. The lowest BCUT2D eigenvalue weighted by Gasteiger charge is -2.16. The van der Waals surface area contributed by atoms with Gasteiger partial charge in [0.25, 0.3) is 0 Å². The SMILES string of the molecule is CNCCC=C1c2ccccc2CCc2ccccc21.O=C(O)c1cc2ccccc2c(Cc2c(O)c(C(=O)O)cc3ccccc23)c1O. The van der Waals surface area contributed by atoms with Crippen LogP contribution in [0.2, 0.25) is 0 Å². The van der Waals surface area contributed by atoms with Crippen molar-refractivity contribution in [2.45, 2.75) is 25.7 Å². The highest BCUT2D eigenvalue weighted by atomic mass is 16.4. The highest BCUT2D eigenvalue weighted by Crippen LogP contribution is 2.39. The Balaban J connectivity index is 0.000000182. The molecular weight excluding hydrogens is 614 g/mol. The summed E-state index contributed by atoms with van der Waals surface area (Å²) in [6, 6.07) is 34.5. The molecule has 0 heterocycles. The van der Waals surface area contributed by atoms with Crippen molar-refractivity contribution in [1.29, 1.82) is 0 Å². The van der Waals surface area contributed by atoms with Gasteiger partial charge in [-0.25, -0.2) is 9.59 Å². The summed E-state index contributed by atoms with van der Waals surface area (Å²) in [6.07, 6.45) is 5.68. The lowest BCUT2D eigenvalue weighted by atomic mass is 9.90. The number of carboxylic acid groups (broad SMARTS) is 2. The maximum absolute atomic E-state index is 11.6. The van der Waals surface area contributed by atoms with Gasteiger partial charge in [0, 0.05) is 17.5 Å². The van der Waals surface area contributed by atoms with E-state index in [9.17, 15) is 30.0 Å². The molecule has 5 N–H and O–H groups in total. The molecule has 0 unspecified atom stereocenters. The molecule has 0 radical (unpaired) electrons. The molecule has 7 rings (SSSR count). The summed E-state index contributed by atoms with van der Waals surface area (Å²) in [5.74, 6) is -3.36. The second kappa shape index (κ2) is 14.5. The van der Waals surface area contributed by atoms with Gasteiger partial charge in [0.2, 0.25) is 0 Å². The second-order valence-corrected chi connectivity index (χ2v) is 12.1. The third-order valence-electron chi connectivity index (χ3n) is 9.09. The molecule has 1 aliphatic carbocycles. The molecule has 0 bridgehead atoms. The van der Waals surface area contributed by atoms with Crippen molar-refractivity contribution in [2.24, 2.45) is 0 Å². The van der Waals surface area contributed by atoms with E-state index >= 15 is 0 Å². The zero-order valence-electron chi connectivity index (χ0n) is 27.1. The molecule has 246 valence electrons. The van der Waals surface area contributed by atoms with E-state index < -0.39 is 23.4 Å². The number of aryl methyl sites for hydroxylation is 2. The maximum Gasteiger partial charge on any atom is 0.339 e. The Labute approximate surface area is 284 Å². The number of phenols is 2. The van der Waals surface area contributed by atoms with Crippen LogP contribution in [0.5, 0.6) is 11.5 Å². The van der Waals surface area contributed by atoms with E-state index in [1.807, 2.05) is 7.05 Å². The standard InChI is InChI=1S/C23H16O6.C19H21N/c24-20-16(14-7-3-1-5-12(14)9-18(20)22(26)27)11-17-15-8-4-2-6-13(15)10-19(21(17)25)23(28)29;1-20-14-6-11-19-17-9-4-2-7-15(17)12-13-16-8-3-5-10-18(16)19/h1-10,24-25H,11H2,(H,26,27)(H,28,29);2-5,7-11,20H,6,12-14H2,1H3. The van der Waals surface area contributed by atoms with Crippen LogP contribution in [-0.2, 0) is 19.3 Å². The molecule has 1 aliphatic rings. The zero-order valence-corrected chi connectivity index (χ0v) is 27.1. The molecular formula is C42H37NO6. The van der Waals surface area contributed by atoms with Crippen LogP contribution in [0.4, 0.5) is 0 Å². The molecule has 7 nitrogen and oxygen atoms in total. The van der Waals surface area contributed by atoms with E-state index in [1.54, 1.807) is 48.5 Å². The Morgan fingerprint density at radius 2 is 1.08 bits per heavy atom. The van der Waals surface area contributed by atoms with Gasteiger partial charge in [0.15, 0.2) is 0 Å². The molecule has 49 heavy (non-hydrogen) atoms. The lowest BCUT2D eigenvalue weighted by molar-refractivity contribution is 0.0682. The summed E-state index contributed by atoms with van der Waals surface area (Å²) >= 11 is 0. The number of benzene rings is 6. The van der Waals surface area contributed by atoms with Crippen molar-refractivity contribution in [2.75, 3.05) is 13.6 Å². The average Bonchev–Trinajstić information content (AvgIpc) is 3.27. The Morgan fingerprint density at radius 1 is 0.653 bits per heavy atom. The van der Waals surface area contributed by atoms with Gasteiger partial charge >= 0.3 is 11.9 Å².